The lowest BCUT2D eigenvalue weighted by molar-refractivity contribution is 0.279. The second-order valence-corrected chi connectivity index (χ2v) is 3.45. The molecule has 0 aliphatic heterocycles. The van der Waals surface area contributed by atoms with Crippen LogP contribution in [0.2, 0.25) is 0 Å². The first kappa shape index (κ1) is 10.7. The number of hydrogen-bond acceptors (Lipinski definition) is 4. The molecule has 0 saturated carbocycles. The molecule has 13 heavy (non-hydrogen) atoms. The van der Waals surface area contributed by atoms with Crippen LogP contribution in [0.5, 0.6) is 0 Å². The van der Waals surface area contributed by atoms with Gasteiger partial charge >= 0.3 is 0 Å². The van der Waals surface area contributed by atoms with Crippen LogP contribution in [-0.4, -0.2) is 24.8 Å². The van der Waals surface area contributed by atoms with Crippen LogP contribution in [0.4, 0.5) is 0 Å². The first-order valence-corrected chi connectivity index (χ1v) is 4.86. The van der Waals surface area contributed by atoms with Crippen molar-refractivity contribution in [1.29, 1.82) is 0 Å². The van der Waals surface area contributed by atoms with E-state index in [1.165, 1.54) is 0 Å². The van der Waals surface area contributed by atoms with Crippen molar-refractivity contribution in [2.45, 2.75) is 6.04 Å². The van der Waals surface area contributed by atoms with Gasteiger partial charge in [0, 0.05) is 13.1 Å². The third-order valence-electron chi connectivity index (χ3n) is 1.70. The molecule has 0 bridgehead atoms. The summed E-state index contributed by atoms with van der Waals surface area (Å²) in [6, 6.07) is 1.77. The highest BCUT2D eigenvalue weighted by atomic mass is 79.9. The van der Waals surface area contributed by atoms with Crippen LogP contribution in [0, 0.1) is 0 Å². The van der Waals surface area contributed by atoms with Crippen molar-refractivity contribution in [1.82, 2.24) is 5.32 Å². The molecule has 0 aliphatic rings. The van der Waals surface area contributed by atoms with E-state index in [2.05, 4.69) is 21.2 Å². The molecule has 74 valence electrons. The lowest BCUT2D eigenvalue weighted by atomic mass is 10.2. The molecule has 1 unspecified atom stereocenters. The summed E-state index contributed by atoms with van der Waals surface area (Å²) < 4.78 is 6.14. The van der Waals surface area contributed by atoms with Crippen molar-refractivity contribution in [2.24, 2.45) is 5.73 Å². The van der Waals surface area contributed by atoms with Gasteiger partial charge < -0.3 is 20.6 Å². The molecule has 0 amide bonds. The summed E-state index contributed by atoms with van der Waals surface area (Å²) in [4.78, 5) is 0. The standard InChI is InChI=1S/C8H13BrN2O2/c9-6-1-4-13-8(6)7(5-10)11-2-3-12/h1,4,7,11-12H,2-3,5,10H2. The second kappa shape index (κ2) is 5.39. The Labute approximate surface area is 85.2 Å². The predicted molar refractivity (Wildman–Crippen MR) is 53.3 cm³/mol. The molecule has 4 N–H and O–H groups in total. The summed E-state index contributed by atoms with van der Waals surface area (Å²) in [5.74, 6) is 0.774. The Morgan fingerprint density at radius 1 is 1.69 bits per heavy atom. The molecule has 5 heteroatoms. The van der Waals surface area contributed by atoms with Gasteiger partial charge in [-0.2, -0.15) is 0 Å². The Hall–Kier alpha value is -0.360. The van der Waals surface area contributed by atoms with Gasteiger partial charge in [0.25, 0.3) is 0 Å². The summed E-state index contributed by atoms with van der Waals surface area (Å²) >= 11 is 3.35. The van der Waals surface area contributed by atoms with E-state index in [1.54, 1.807) is 6.26 Å². The highest BCUT2D eigenvalue weighted by molar-refractivity contribution is 9.10. The Morgan fingerprint density at radius 2 is 2.46 bits per heavy atom. The van der Waals surface area contributed by atoms with E-state index in [0.717, 1.165) is 10.2 Å². The Balaban J connectivity index is 2.61. The lowest BCUT2D eigenvalue weighted by Gasteiger charge is -2.13. The maximum absolute atomic E-state index is 8.63. The monoisotopic (exact) mass is 248 g/mol. The van der Waals surface area contributed by atoms with Gasteiger partial charge in [-0.15, -0.1) is 0 Å². The molecular formula is C8H13BrN2O2. The molecule has 1 aromatic rings. The summed E-state index contributed by atoms with van der Waals surface area (Å²) in [5.41, 5.74) is 5.55. The average Bonchev–Trinajstić information content (AvgIpc) is 2.54. The molecule has 0 aliphatic carbocycles. The summed E-state index contributed by atoms with van der Waals surface area (Å²) in [6.45, 7) is 1.04. The van der Waals surface area contributed by atoms with Crippen molar-refractivity contribution in [3.63, 3.8) is 0 Å². The van der Waals surface area contributed by atoms with E-state index >= 15 is 0 Å². The molecule has 1 heterocycles. The van der Waals surface area contributed by atoms with E-state index < -0.39 is 0 Å². The first-order valence-electron chi connectivity index (χ1n) is 4.06. The molecule has 0 fully saturated rings. The molecule has 1 rings (SSSR count). The lowest BCUT2D eigenvalue weighted by Crippen LogP contribution is -2.30. The van der Waals surface area contributed by atoms with Crippen LogP contribution in [0.3, 0.4) is 0 Å². The Morgan fingerprint density at radius 3 is 2.92 bits per heavy atom. The fraction of sp³-hybridized carbons (Fsp3) is 0.500. The SMILES string of the molecule is NCC(NCCO)c1occc1Br. The quantitative estimate of drug-likeness (QED) is 0.715. The molecule has 0 spiro atoms. The summed E-state index contributed by atoms with van der Waals surface area (Å²) in [6.07, 6.45) is 1.60. The zero-order valence-corrected chi connectivity index (χ0v) is 8.75. The van der Waals surface area contributed by atoms with Crippen molar-refractivity contribution < 1.29 is 9.52 Å². The topological polar surface area (TPSA) is 71.4 Å². The molecule has 1 atom stereocenters. The average molecular weight is 249 g/mol. The number of aliphatic hydroxyl groups excluding tert-OH is 1. The van der Waals surface area contributed by atoms with Crippen LogP contribution >= 0.6 is 15.9 Å². The smallest absolute Gasteiger partial charge is 0.136 e. The minimum absolute atomic E-state index is 0.0449. The molecular weight excluding hydrogens is 236 g/mol. The molecule has 0 saturated heterocycles. The number of aliphatic hydroxyl groups is 1. The van der Waals surface area contributed by atoms with Crippen LogP contribution < -0.4 is 11.1 Å². The van der Waals surface area contributed by atoms with Crippen LogP contribution in [0.15, 0.2) is 21.2 Å². The molecule has 1 aromatic heterocycles. The fourth-order valence-corrected chi connectivity index (χ4v) is 1.55. The van der Waals surface area contributed by atoms with Gasteiger partial charge in [0.1, 0.15) is 5.76 Å². The number of halogens is 1. The van der Waals surface area contributed by atoms with Crippen molar-refractivity contribution >= 4 is 15.9 Å². The van der Waals surface area contributed by atoms with Gasteiger partial charge in [-0.1, -0.05) is 0 Å². The van der Waals surface area contributed by atoms with E-state index in [0.29, 0.717) is 13.1 Å². The maximum atomic E-state index is 8.63. The maximum Gasteiger partial charge on any atom is 0.136 e. The number of hydrogen-bond donors (Lipinski definition) is 3. The molecule has 0 aromatic carbocycles. The predicted octanol–water partition coefficient (Wildman–Crippen LogP) is 0.624. The van der Waals surface area contributed by atoms with Crippen LogP contribution in [0.25, 0.3) is 0 Å². The van der Waals surface area contributed by atoms with Gasteiger partial charge in [0.15, 0.2) is 0 Å². The third-order valence-corrected chi connectivity index (χ3v) is 2.35. The first-order chi connectivity index (χ1) is 6.29. The molecule has 0 radical (unpaired) electrons. The zero-order valence-electron chi connectivity index (χ0n) is 7.16. The highest BCUT2D eigenvalue weighted by Crippen LogP contribution is 2.23. The number of furan rings is 1. The highest BCUT2D eigenvalue weighted by Gasteiger charge is 2.14. The van der Waals surface area contributed by atoms with Crippen molar-refractivity contribution in [2.75, 3.05) is 19.7 Å². The van der Waals surface area contributed by atoms with Crippen LogP contribution in [0.1, 0.15) is 11.8 Å². The zero-order chi connectivity index (χ0) is 9.68. The number of nitrogens with two attached hydrogens (primary N) is 1. The summed E-state index contributed by atoms with van der Waals surface area (Å²) in [7, 11) is 0. The van der Waals surface area contributed by atoms with Gasteiger partial charge in [0.05, 0.1) is 23.4 Å². The van der Waals surface area contributed by atoms with E-state index in [4.69, 9.17) is 15.3 Å². The minimum Gasteiger partial charge on any atom is -0.466 e. The molecule has 4 nitrogen and oxygen atoms in total. The largest absolute Gasteiger partial charge is 0.466 e. The Bertz CT molecular complexity index is 252. The fourth-order valence-electron chi connectivity index (χ4n) is 1.08. The van der Waals surface area contributed by atoms with Gasteiger partial charge in [-0.3, -0.25) is 0 Å². The second-order valence-electron chi connectivity index (χ2n) is 2.60. The van der Waals surface area contributed by atoms with Crippen molar-refractivity contribution in [3.8, 4) is 0 Å². The van der Waals surface area contributed by atoms with E-state index in [-0.39, 0.29) is 12.6 Å². The van der Waals surface area contributed by atoms with Crippen LogP contribution in [-0.2, 0) is 0 Å². The number of nitrogens with one attached hydrogen (secondary N) is 1. The van der Waals surface area contributed by atoms with Gasteiger partial charge in [-0.25, -0.2) is 0 Å². The van der Waals surface area contributed by atoms with Crippen molar-refractivity contribution in [3.05, 3.63) is 22.6 Å². The van der Waals surface area contributed by atoms with E-state index in [1.807, 2.05) is 6.07 Å². The van der Waals surface area contributed by atoms with Gasteiger partial charge in [-0.05, 0) is 22.0 Å². The normalized spacial score (nSPS) is 13.2. The third kappa shape index (κ3) is 2.80. The van der Waals surface area contributed by atoms with Gasteiger partial charge in [0.2, 0.25) is 0 Å². The Kier molecular flexibility index (Phi) is 4.44. The summed E-state index contributed by atoms with van der Waals surface area (Å²) in [5, 5.41) is 11.7. The number of rotatable bonds is 5. The van der Waals surface area contributed by atoms with E-state index in [9.17, 15) is 0 Å². The minimum atomic E-state index is -0.0449.